The molecule has 7 nitrogen and oxygen atoms in total. The number of aliphatic hydroxyl groups is 1. The van der Waals surface area contributed by atoms with Crippen molar-refractivity contribution in [1.82, 2.24) is 9.80 Å². The van der Waals surface area contributed by atoms with Crippen LogP contribution in [-0.4, -0.2) is 80.0 Å². The first-order valence-electron chi connectivity index (χ1n) is 10.2. The molecule has 2 N–H and O–H groups in total. The lowest BCUT2D eigenvalue weighted by Crippen LogP contribution is -2.47. The SMILES string of the molecule is CN(C)C[C@H](O)COc1ccc(NC(=O)[C@@H]2CN(Cc3ccccc3)CCO2)cc1. The fraction of sp³-hybridized carbons (Fsp3) is 0.435. The van der Waals surface area contributed by atoms with E-state index in [9.17, 15) is 9.90 Å². The molecule has 0 aromatic heterocycles. The Morgan fingerprint density at radius 1 is 1.23 bits per heavy atom. The van der Waals surface area contributed by atoms with E-state index in [-0.39, 0.29) is 12.5 Å². The van der Waals surface area contributed by atoms with Crippen LogP contribution in [0, 0.1) is 0 Å². The number of aliphatic hydroxyl groups excluding tert-OH is 1. The van der Waals surface area contributed by atoms with Crippen LogP contribution < -0.4 is 10.1 Å². The fourth-order valence-corrected chi connectivity index (χ4v) is 3.37. The maximum atomic E-state index is 12.6. The van der Waals surface area contributed by atoms with Gasteiger partial charge in [-0.25, -0.2) is 0 Å². The van der Waals surface area contributed by atoms with Gasteiger partial charge in [-0.15, -0.1) is 0 Å². The normalized spacial score (nSPS) is 18.2. The third-order valence-electron chi connectivity index (χ3n) is 4.83. The number of anilines is 1. The second-order valence-electron chi connectivity index (χ2n) is 7.82. The van der Waals surface area contributed by atoms with E-state index in [4.69, 9.17) is 9.47 Å². The van der Waals surface area contributed by atoms with Crippen molar-refractivity contribution in [3.05, 3.63) is 60.2 Å². The average molecular weight is 414 g/mol. The van der Waals surface area contributed by atoms with Crippen molar-refractivity contribution in [3.8, 4) is 5.75 Å². The predicted molar refractivity (Wildman–Crippen MR) is 117 cm³/mol. The highest BCUT2D eigenvalue weighted by Crippen LogP contribution is 2.17. The van der Waals surface area contributed by atoms with E-state index in [2.05, 4.69) is 22.3 Å². The van der Waals surface area contributed by atoms with E-state index in [0.717, 1.165) is 13.1 Å². The standard InChI is InChI=1S/C23H31N3O4/c1-25(2)15-20(27)17-30-21-10-8-19(9-11-21)24-23(28)22-16-26(12-13-29-22)14-18-6-4-3-5-7-18/h3-11,20,22,27H,12-17H2,1-2H3,(H,24,28)/t20-,22-/m0/s1. The second kappa shape index (κ2) is 11.1. The van der Waals surface area contributed by atoms with Crippen LogP contribution in [0.25, 0.3) is 0 Å². The minimum Gasteiger partial charge on any atom is -0.491 e. The molecule has 2 aromatic rings. The molecule has 0 radical (unpaired) electrons. The topological polar surface area (TPSA) is 74.3 Å². The number of carbonyl (C=O) groups excluding carboxylic acids is 1. The number of likely N-dealkylation sites (N-methyl/N-ethyl adjacent to an activating group) is 1. The first-order valence-corrected chi connectivity index (χ1v) is 10.2. The van der Waals surface area contributed by atoms with Gasteiger partial charge in [-0.05, 0) is 43.9 Å². The molecular weight excluding hydrogens is 382 g/mol. The summed E-state index contributed by atoms with van der Waals surface area (Å²) in [5.41, 5.74) is 1.91. The van der Waals surface area contributed by atoms with Gasteiger partial charge in [0.05, 0.1) is 6.61 Å². The van der Waals surface area contributed by atoms with Crippen LogP contribution in [0.3, 0.4) is 0 Å². The van der Waals surface area contributed by atoms with Crippen LogP contribution in [0.1, 0.15) is 5.56 Å². The Hall–Kier alpha value is -2.45. The zero-order chi connectivity index (χ0) is 21.3. The predicted octanol–water partition coefficient (Wildman–Crippen LogP) is 1.83. The largest absolute Gasteiger partial charge is 0.491 e. The molecule has 2 atom stereocenters. The number of nitrogens with zero attached hydrogens (tertiary/aromatic N) is 2. The summed E-state index contributed by atoms with van der Waals surface area (Å²) >= 11 is 0. The highest BCUT2D eigenvalue weighted by molar-refractivity contribution is 5.94. The molecule has 1 fully saturated rings. The van der Waals surface area contributed by atoms with E-state index in [0.29, 0.717) is 31.1 Å². The lowest BCUT2D eigenvalue weighted by molar-refractivity contribution is -0.133. The molecule has 1 amide bonds. The molecule has 3 rings (SSSR count). The Kier molecular flexibility index (Phi) is 8.21. The molecule has 0 spiro atoms. The summed E-state index contributed by atoms with van der Waals surface area (Å²) in [5.74, 6) is 0.497. The third-order valence-corrected chi connectivity index (χ3v) is 4.83. The van der Waals surface area contributed by atoms with E-state index in [1.54, 1.807) is 24.3 Å². The van der Waals surface area contributed by atoms with Crippen molar-refractivity contribution < 1.29 is 19.4 Å². The Morgan fingerprint density at radius 3 is 2.67 bits per heavy atom. The maximum absolute atomic E-state index is 12.6. The van der Waals surface area contributed by atoms with Gasteiger partial charge in [-0.1, -0.05) is 30.3 Å². The van der Waals surface area contributed by atoms with Gasteiger partial charge in [0, 0.05) is 31.9 Å². The summed E-state index contributed by atoms with van der Waals surface area (Å²) in [6.07, 6.45) is -1.05. The van der Waals surface area contributed by atoms with Crippen LogP contribution in [0.2, 0.25) is 0 Å². The first kappa shape index (κ1) is 22.2. The summed E-state index contributed by atoms with van der Waals surface area (Å²) < 4.78 is 11.3. The highest BCUT2D eigenvalue weighted by atomic mass is 16.5. The monoisotopic (exact) mass is 413 g/mol. The number of morpholine rings is 1. The van der Waals surface area contributed by atoms with E-state index < -0.39 is 12.2 Å². The van der Waals surface area contributed by atoms with Gasteiger partial charge in [0.2, 0.25) is 0 Å². The number of hydrogen-bond acceptors (Lipinski definition) is 6. The summed E-state index contributed by atoms with van der Waals surface area (Å²) in [4.78, 5) is 16.8. The molecule has 0 unspecified atom stereocenters. The number of ether oxygens (including phenoxy) is 2. The Morgan fingerprint density at radius 2 is 1.97 bits per heavy atom. The average Bonchev–Trinajstić information content (AvgIpc) is 2.74. The number of nitrogens with one attached hydrogen (secondary N) is 1. The van der Waals surface area contributed by atoms with E-state index in [1.165, 1.54) is 5.56 Å². The number of amides is 1. The zero-order valence-electron chi connectivity index (χ0n) is 17.7. The van der Waals surface area contributed by atoms with Gasteiger partial charge in [-0.2, -0.15) is 0 Å². The van der Waals surface area contributed by atoms with Gasteiger partial charge in [0.15, 0.2) is 0 Å². The third kappa shape index (κ3) is 7.11. The van der Waals surface area contributed by atoms with Crippen LogP contribution in [0.4, 0.5) is 5.69 Å². The van der Waals surface area contributed by atoms with E-state index >= 15 is 0 Å². The molecule has 0 bridgehead atoms. The molecular formula is C23H31N3O4. The van der Waals surface area contributed by atoms with E-state index in [1.807, 2.05) is 37.2 Å². The molecule has 30 heavy (non-hydrogen) atoms. The van der Waals surface area contributed by atoms with Gasteiger partial charge in [0.1, 0.15) is 24.6 Å². The van der Waals surface area contributed by atoms with Crippen LogP contribution in [0.15, 0.2) is 54.6 Å². The molecule has 162 valence electrons. The Balaban J connectivity index is 1.46. The minimum absolute atomic E-state index is 0.150. The number of benzene rings is 2. The van der Waals surface area contributed by atoms with Crippen molar-refractivity contribution in [2.75, 3.05) is 52.3 Å². The van der Waals surface area contributed by atoms with Gasteiger partial charge in [0.25, 0.3) is 5.91 Å². The molecule has 2 aromatic carbocycles. The molecule has 1 aliphatic rings. The van der Waals surface area contributed by atoms with Crippen LogP contribution in [0.5, 0.6) is 5.75 Å². The summed E-state index contributed by atoms with van der Waals surface area (Å²) in [7, 11) is 3.80. The molecule has 7 heteroatoms. The number of carbonyl (C=O) groups is 1. The summed E-state index contributed by atoms with van der Waals surface area (Å²) in [6, 6.07) is 17.4. The van der Waals surface area contributed by atoms with Crippen molar-refractivity contribution in [3.63, 3.8) is 0 Å². The van der Waals surface area contributed by atoms with Gasteiger partial charge >= 0.3 is 0 Å². The number of hydrogen-bond donors (Lipinski definition) is 2. The fourth-order valence-electron chi connectivity index (χ4n) is 3.37. The lowest BCUT2D eigenvalue weighted by Gasteiger charge is -2.32. The summed E-state index contributed by atoms with van der Waals surface area (Å²) in [5, 5.41) is 12.8. The van der Waals surface area contributed by atoms with Gasteiger partial charge in [-0.3, -0.25) is 9.69 Å². The smallest absolute Gasteiger partial charge is 0.254 e. The quantitative estimate of drug-likeness (QED) is 0.653. The molecule has 1 heterocycles. The Labute approximate surface area is 178 Å². The highest BCUT2D eigenvalue weighted by Gasteiger charge is 2.26. The minimum atomic E-state index is -0.554. The molecule has 0 saturated carbocycles. The van der Waals surface area contributed by atoms with Gasteiger partial charge < -0.3 is 24.8 Å². The van der Waals surface area contributed by atoms with Crippen molar-refractivity contribution in [1.29, 1.82) is 0 Å². The maximum Gasteiger partial charge on any atom is 0.254 e. The van der Waals surface area contributed by atoms with Crippen LogP contribution >= 0.6 is 0 Å². The first-order chi connectivity index (χ1) is 14.5. The van der Waals surface area contributed by atoms with Crippen LogP contribution in [-0.2, 0) is 16.1 Å². The van der Waals surface area contributed by atoms with Crippen molar-refractivity contribution in [2.45, 2.75) is 18.8 Å². The van der Waals surface area contributed by atoms with Crippen molar-refractivity contribution in [2.24, 2.45) is 0 Å². The molecule has 1 saturated heterocycles. The summed E-state index contributed by atoms with van der Waals surface area (Å²) in [6.45, 7) is 3.47. The second-order valence-corrected chi connectivity index (χ2v) is 7.82. The zero-order valence-corrected chi connectivity index (χ0v) is 17.7. The lowest BCUT2D eigenvalue weighted by atomic mass is 10.2. The number of rotatable bonds is 9. The Bertz CT molecular complexity index is 783. The van der Waals surface area contributed by atoms with Crippen molar-refractivity contribution >= 4 is 11.6 Å². The molecule has 0 aliphatic carbocycles. The molecule has 1 aliphatic heterocycles.